The first kappa shape index (κ1) is 21.4. The van der Waals surface area contributed by atoms with E-state index in [1.165, 1.54) is 67.6 Å². The normalized spacial score (nSPS) is 16.5. The fourth-order valence-corrected chi connectivity index (χ4v) is 2.60. The number of hydrogen-bond donors (Lipinski definition) is 0. The average Bonchev–Trinajstić information content (AvgIpc) is 2.80. The third-order valence-electron chi connectivity index (χ3n) is 4.28. The van der Waals surface area contributed by atoms with Crippen LogP contribution in [-0.4, -0.2) is 35.2 Å². The molecule has 0 radical (unpaired) electrons. The lowest BCUT2D eigenvalue weighted by atomic mass is 9.30. The minimum atomic E-state index is -2.72. The van der Waals surface area contributed by atoms with Crippen LogP contribution in [0.1, 0.15) is 53.9 Å². The van der Waals surface area contributed by atoms with Crippen molar-refractivity contribution in [3.8, 4) is 23.9 Å². The van der Waals surface area contributed by atoms with Gasteiger partial charge in [0.15, 0.2) is 0 Å². The first-order valence-corrected chi connectivity index (χ1v) is 8.39. The third kappa shape index (κ3) is 4.94. The van der Waals surface area contributed by atoms with Crippen LogP contribution in [0, 0.1) is 44.9 Å². The van der Waals surface area contributed by atoms with Crippen LogP contribution < -0.4 is 0 Å². The molecule has 0 N–H and O–H groups in total. The number of rotatable bonds is 5. The molecule has 0 aromatic rings. The number of hydrogen-bond acceptors (Lipinski definition) is 6. The van der Waals surface area contributed by atoms with Gasteiger partial charge in [-0.2, -0.15) is 0 Å². The maximum atomic E-state index is 8.09. The molecule has 0 bridgehead atoms. The van der Waals surface area contributed by atoms with Gasteiger partial charge in [-0.25, -0.2) is 21.0 Å². The van der Waals surface area contributed by atoms with E-state index in [2.05, 4.69) is 44.4 Å². The summed E-state index contributed by atoms with van der Waals surface area (Å²) in [6, 6.07) is 0. The zero-order valence-corrected chi connectivity index (χ0v) is 15.4. The lowest BCUT2D eigenvalue weighted by Gasteiger charge is -2.31. The van der Waals surface area contributed by atoms with Crippen molar-refractivity contribution in [2.75, 3.05) is 13.1 Å². The Labute approximate surface area is 146 Å². The average molecular weight is 325 g/mol. The Morgan fingerprint density at radius 3 is 1.54 bits per heavy atom. The SMILES string of the molecule is CCCCN1C(C)=C(C)N(CCC)C1C.N#C[B-](C#N)(C#N)C#N. The number of nitriles is 4. The molecule has 0 aliphatic carbocycles. The van der Waals surface area contributed by atoms with E-state index in [4.69, 9.17) is 21.0 Å². The molecule has 24 heavy (non-hydrogen) atoms. The highest BCUT2D eigenvalue weighted by Crippen LogP contribution is 2.28. The summed E-state index contributed by atoms with van der Waals surface area (Å²) in [5.41, 5.74) is 2.95. The van der Waals surface area contributed by atoms with Gasteiger partial charge in [0.1, 0.15) is 0 Å². The van der Waals surface area contributed by atoms with Gasteiger partial charge in [0.25, 0.3) is 0 Å². The van der Waals surface area contributed by atoms with Gasteiger partial charge >= 0.3 is 6.15 Å². The second-order valence-electron chi connectivity index (χ2n) is 5.93. The van der Waals surface area contributed by atoms with Gasteiger partial charge in [-0.1, -0.05) is 20.3 Å². The molecule has 0 spiro atoms. The van der Waals surface area contributed by atoms with Crippen LogP contribution in [0.3, 0.4) is 0 Å². The van der Waals surface area contributed by atoms with E-state index < -0.39 is 6.15 Å². The van der Waals surface area contributed by atoms with Crippen molar-refractivity contribution in [3.05, 3.63) is 11.4 Å². The molecule has 0 aromatic carbocycles. The third-order valence-corrected chi connectivity index (χ3v) is 4.28. The van der Waals surface area contributed by atoms with Crippen LogP contribution in [-0.2, 0) is 0 Å². The largest absolute Gasteiger partial charge is 0.383 e. The highest BCUT2D eigenvalue weighted by molar-refractivity contribution is 7.05. The Kier molecular flexibility index (Phi) is 9.08. The predicted molar refractivity (Wildman–Crippen MR) is 94.7 cm³/mol. The van der Waals surface area contributed by atoms with Gasteiger partial charge in [-0.3, -0.25) is 0 Å². The van der Waals surface area contributed by atoms with Gasteiger partial charge in [0, 0.05) is 24.5 Å². The van der Waals surface area contributed by atoms with Crippen molar-refractivity contribution in [2.24, 2.45) is 0 Å². The molecule has 0 fully saturated rings. The Morgan fingerprint density at radius 1 is 0.833 bits per heavy atom. The molecular formula is C17H26BN6-. The predicted octanol–water partition coefficient (Wildman–Crippen LogP) is 3.10. The maximum Gasteiger partial charge on any atom is 0.383 e. The van der Waals surface area contributed by atoms with Gasteiger partial charge in [0.2, 0.25) is 0 Å². The molecule has 6 nitrogen and oxygen atoms in total. The molecule has 7 heteroatoms. The fourth-order valence-electron chi connectivity index (χ4n) is 2.60. The Bertz CT molecular complexity index is 551. The van der Waals surface area contributed by atoms with Crippen LogP contribution in [0.25, 0.3) is 0 Å². The van der Waals surface area contributed by atoms with E-state index in [1.54, 1.807) is 0 Å². The Hall–Kier alpha value is -2.64. The molecule has 1 unspecified atom stereocenters. The molecule has 0 saturated carbocycles. The number of nitrogens with zero attached hydrogens (tertiary/aromatic N) is 6. The van der Waals surface area contributed by atoms with Crippen molar-refractivity contribution in [1.82, 2.24) is 9.80 Å². The summed E-state index contributed by atoms with van der Waals surface area (Å²) in [7, 11) is 0. The highest BCUT2D eigenvalue weighted by atomic mass is 15.4. The summed E-state index contributed by atoms with van der Waals surface area (Å²) in [4.78, 5) is 5.08. The standard InChI is InChI=1S/C13H26N2.C4BN4/c1-6-8-10-15-12(4)11(3)14(9-7-2)13(15)5;6-1-5(2-7,3-8)4-9/h13H,6-10H2,1-5H3;/q;-1. The Morgan fingerprint density at radius 2 is 1.25 bits per heavy atom. The van der Waals surface area contributed by atoms with Crippen molar-refractivity contribution in [1.29, 1.82) is 21.0 Å². The van der Waals surface area contributed by atoms with Gasteiger partial charge in [-0.15, -0.1) is 23.9 Å². The minimum Gasteiger partial charge on any atom is -0.354 e. The van der Waals surface area contributed by atoms with Gasteiger partial charge < -0.3 is 9.80 Å². The second-order valence-corrected chi connectivity index (χ2v) is 5.93. The zero-order chi connectivity index (χ0) is 18.8. The van der Waals surface area contributed by atoms with E-state index in [-0.39, 0.29) is 0 Å². The summed E-state index contributed by atoms with van der Waals surface area (Å²) in [5.74, 6) is 5.38. The summed E-state index contributed by atoms with van der Waals surface area (Å²) in [6.45, 7) is 13.8. The molecule has 1 atom stereocenters. The van der Waals surface area contributed by atoms with Crippen LogP contribution in [0.2, 0.25) is 0 Å². The van der Waals surface area contributed by atoms with Crippen molar-refractivity contribution >= 4 is 6.15 Å². The molecule has 1 aliphatic rings. The van der Waals surface area contributed by atoms with Crippen molar-refractivity contribution in [2.45, 2.75) is 60.0 Å². The molecule has 0 saturated heterocycles. The van der Waals surface area contributed by atoms with Crippen LogP contribution in [0.5, 0.6) is 0 Å². The number of unbranched alkanes of at least 4 members (excludes halogenated alkanes) is 1. The topological polar surface area (TPSA) is 102 Å². The lowest BCUT2D eigenvalue weighted by molar-refractivity contribution is 0.153. The molecule has 1 aliphatic heterocycles. The highest BCUT2D eigenvalue weighted by Gasteiger charge is 2.29. The van der Waals surface area contributed by atoms with Crippen molar-refractivity contribution in [3.63, 3.8) is 0 Å². The monoisotopic (exact) mass is 325 g/mol. The first-order valence-electron chi connectivity index (χ1n) is 8.39. The maximum absolute atomic E-state index is 8.09. The quantitative estimate of drug-likeness (QED) is 0.720. The van der Waals surface area contributed by atoms with Crippen LogP contribution in [0.15, 0.2) is 11.4 Å². The summed E-state index contributed by atoms with van der Waals surface area (Å²) < 4.78 is 0. The zero-order valence-electron chi connectivity index (χ0n) is 15.4. The second kappa shape index (κ2) is 10.2. The first-order chi connectivity index (χ1) is 11.4. The van der Waals surface area contributed by atoms with E-state index in [0.29, 0.717) is 6.17 Å². The molecule has 0 aromatic heterocycles. The van der Waals surface area contributed by atoms with E-state index >= 15 is 0 Å². The summed E-state index contributed by atoms with van der Waals surface area (Å²) in [6.07, 6.45) is 1.66. The van der Waals surface area contributed by atoms with E-state index in [1.807, 2.05) is 0 Å². The fraction of sp³-hybridized carbons (Fsp3) is 0.647. The lowest BCUT2D eigenvalue weighted by Crippen LogP contribution is -2.38. The molecule has 1 rings (SSSR count). The summed E-state index contributed by atoms with van der Waals surface area (Å²) >= 11 is 0. The number of allylic oxidation sites excluding steroid dienone is 2. The van der Waals surface area contributed by atoms with Gasteiger partial charge in [-0.05, 0) is 33.6 Å². The molecule has 1 heterocycles. The molecular weight excluding hydrogens is 299 g/mol. The molecule has 128 valence electrons. The van der Waals surface area contributed by atoms with E-state index in [9.17, 15) is 0 Å². The molecule has 0 amide bonds. The van der Waals surface area contributed by atoms with Crippen molar-refractivity contribution < 1.29 is 0 Å². The van der Waals surface area contributed by atoms with E-state index in [0.717, 1.165) is 0 Å². The smallest absolute Gasteiger partial charge is 0.354 e. The minimum absolute atomic E-state index is 0.566. The van der Waals surface area contributed by atoms with Crippen LogP contribution >= 0.6 is 0 Å². The van der Waals surface area contributed by atoms with Gasteiger partial charge in [0.05, 0.1) is 6.17 Å². The Balaban J connectivity index is 0.000000506. The summed E-state index contributed by atoms with van der Waals surface area (Å²) in [5, 5.41) is 32.3. The van der Waals surface area contributed by atoms with Crippen LogP contribution in [0.4, 0.5) is 0 Å².